The lowest BCUT2D eigenvalue weighted by Crippen LogP contribution is -2.12. The van der Waals surface area contributed by atoms with E-state index in [0.29, 0.717) is 0 Å². The Morgan fingerprint density at radius 1 is 1.47 bits per heavy atom. The zero-order valence-corrected chi connectivity index (χ0v) is 9.37. The molecule has 0 fully saturated rings. The minimum atomic E-state index is -0.204. The fraction of sp³-hybridized carbons (Fsp3) is 0.308. The minimum Gasteiger partial charge on any atom is -0.211 e. The lowest BCUT2D eigenvalue weighted by Gasteiger charge is -2.20. The summed E-state index contributed by atoms with van der Waals surface area (Å²) in [6.07, 6.45) is 7.41. The van der Waals surface area contributed by atoms with Gasteiger partial charge in [-0.15, -0.1) is 0 Å². The van der Waals surface area contributed by atoms with Gasteiger partial charge in [0.15, 0.2) is 0 Å². The number of isocyanates is 1. The Morgan fingerprint density at radius 3 is 2.60 bits per heavy atom. The van der Waals surface area contributed by atoms with Crippen molar-refractivity contribution < 1.29 is 4.79 Å². The first-order valence-electron chi connectivity index (χ1n) is 4.87. The van der Waals surface area contributed by atoms with Crippen LogP contribution in [-0.4, -0.2) is 12.1 Å². The third-order valence-electron chi connectivity index (χ3n) is 2.33. The van der Waals surface area contributed by atoms with Crippen LogP contribution in [0.25, 0.3) is 0 Å². The molecule has 0 aromatic rings. The van der Waals surface area contributed by atoms with Gasteiger partial charge in [-0.3, -0.25) is 0 Å². The van der Waals surface area contributed by atoms with Crippen LogP contribution in [0, 0.1) is 0 Å². The fourth-order valence-corrected chi connectivity index (χ4v) is 1.70. The van der Waals surface area contributed by atoms with Crippen LogP contribution in [0.1, 0.15) is 20.8 Å². The van der Waals surface area contributed by atoms with E-state index in [0.717, 1.165) is 22.3 Å². The number of hydrogen-bond acceptors (Lipinski definition) is 2. The SMILES string of the molecule is C=C(C)C1=CC=CC(N=C=O)C1=C(C)C. The van der Waals surface area contributed by atoms with Gasteiger partial charge in [0.05, 0.1) is 0 Å². The topological polar surface area (TPSA) is 29.4 Å². The van der Waals surface area contributed by atoms with Crippen molar-refractivity contribution in [3.8, 4) is 0 Å². The van der Waals surface area contributed by atoms with Crippen LogP contribution in [0.3, 0.4) is 0 Å². The first-order valence-corrected chi connectivity index (χ1v) is 4.87. The summed E-state index contributed by atoms with van der Waals surface area (Å²) in [5.41, 5.74) is 4.27. The Hall–Kier alpha value is -1.66. The van der Waals surface area contributed by atoms with Gasteiger partial charge in [0.1, 0.15) is 6.04 Å². The number of aliphatic imine (C=N–C) groups is 1. The average molecular weight is 201 g/mol. The molecule has 0 aromatic heterocycles. The second kappa shape index (κ2) is 4.72. The predicted octanol–water partition coefficient (Wildman–Crippen LogP) is 3.10. The lowest BCUT2D eigenvalue weighted by atomic mass is 9.87. The molecule has 0 aliphatic heterocycles. The Balaban J connectivity index is 3.27. The monoisotopic (exact) mass is 201 g/mol. The zero-order valence-electron chi connectivity index (χ0n) is 9.37. The molecule has 0 heterocycles. The number of carbonyl (C=O) groups excluding carboxylic acids is 1. The molecular weight excluding hydrogens is 186 g/mol. The van der Waals surface area contributed by atoms with Gasteiger partial charge in [0, 0.05) is 0 Å². The van der Waals surface area contributed by atoms with Crippen molar-refractivity contribution in [1.29, 1.82) is 0 Å². The summed E-state index contributed by atoms with van der Waals surface area (Å²) in [6.45, 7) is 9.91. The largest absolute Gasteiger partial charge is 0.235 e. The van der Waals surface area contributed by atoms with Crippen LogP contribution in [0.4, 0.5) is 0 Å². The molecule has 0 N–H and O–H groups in total. The van der Waals surface area contributed by atoms with E-state index in [1.165, 1.54) is 0 Å². The molecule has 15 heavy (non-hydrogen) atoms. The van der Waals surface area contributed by atoms with E-state index in [-0.39, 0.29) is 6.04 Å². The van der Waals surface area contributed by atoms with Crippen molar-refractivity contribution in [2.24, 2.45) is 4.99 Å². The van der Waals surface area contributed by atoms with Gasteiger partial charge < -0.3 is 0 Å². The van der Waals surface area contributed by atoms with E-state index in [9.17, 15) is 4.79 Å². The summed E-state index contributed by atoms with van der Waals surface area (Å²) in [5.74, 6) is 0. The molecule has 2 heteroatoms. The van der Waals surface area contributed by atoms with E-state index in [2.05, 4.69) is 11.6 Å². The van der Waals surface area contributed by atoms with Gasteiger partial charge >= 0.3 is 0 Å². The Kier molecular flexibility index (Phi) is 3.59. The molecule has 1 rings (SSSR count). The van der Waals surface area contributed by atoms with Crippen molar-refractivity contribution in [1.82, 2.24) is 0 Å². The van der Waals surface area contributed by atoms with Crippen molar-refractivity contribution >= 4 is 6.08 Å². The molecule has 1 aliphatic rings. The summed E-state index contributed by atoms with van der Waals surface area (Å²) in [7, 11) is 0. The summed E-state index contributed by atoms with van der Waals surface area (Å²) < 4.78 is 0. The molecule has 1 unspecified atom stereocenters. The van der Waals surface area contributed by atoms with Crippen LogP contribution in [0.15, 0.2) is 52.1 Å². The van der Waals surface area contributed by atoms with Crippen LogP contribution in [0.2, 0.25) is 0 Å². The normalized spacial score (nSPS) is 19.3. The van der Waals surface area contributed by atoms with E-state index >= 15 is 0 Å². The van der Waals surface area contributed by atoms with Crippen LogP contribution in [-0.2, 0) is 4.79 Å². The number of nitrogens with zero attached hydrogens (tertiary/aromatic N) is 1. The van der Waals surface area contributed by atoms with Crippen molar-refractivity contribution in [2.75, 3.05) is 0 Å². The zero-order chi connectivity index (χ0) is 11.4. The molecule has 0 bridgehead atoms. The highest BCUT2D eigenvalue weighted by atomic mass is 16.1. The maximum absolute atomic E-state index is 10.3. The number of allylic oxidation sites excluding steroid dienone is 4. The summed E-state index contributed by atoms with van der Waals surface area (Å²) in [4.78, 5) is 14.1. The molecule has 0 aromatic carbocycles. The molecule has 0 saturated carbocycles. The summed E-state index contributed by atoms with van der Waals surface area (Å²) in [6, 6.07) is -0.204. The molecule has 78 valence electrons. The minimum absolute atomic E-state index is 0.204. The Bertz CT molecular complexity index is 414. The second-order valence-electron chi connectivity index (χ2n) is 3.82. The Labute approximate surface area is 90.4 Å². The Morgan fingerprint density at radius 2 is 2.13 bits per heavy atom. The van der Waals surface area contributed by atoms with Gasteiger partial charge in [-0.25, -0.2) is 4.79 Å². The standard InChI is InChI=1S/C13H15NO/c1-9(2)11-6-5-7-12(14-8-15)13(11)10(3)4/h5-7,12H,1H2,2-4H3. The van der Waals surface area contributed by atoms with E-state index in [1.807, 2.05) is 39.0 Å². The number of hydrogen-bond donors (Lipinski definition) is 0. The smallest absolute Gasteiger partial charge is 0.211 e. The van der Waals surface area contributed by atoms with Crippen LogP contribution < -0.4 is 0 Å². The first kappa shape index (κ1) is 11.4. The molecule has 1 atom stereocenters. The van der Waals surface area contributed by atoms with E-state index in [4.69, 9.17) is 0 Å². The van der Waals surface area contributed by atoms with Gasteiger partial charge in [0.25, 0.3) is 0 Å². The molecule has 0 spiro atoms. The van der Waals surface area contributed by atoms with Crippen molar-refractivity contribution in [2.45, 2.75) is 26.8 Å². The summed E-state index contributed by atoms with van der Waals surface area (Å²) in [5, 5.41) is 0. The molecule has 1 aliphatic carbocycles. The predicted molar refractivity (Wildman–Crippen MR) is 62.3 cm³/mol. The van der Waals surface area contributed by atoms with Crippen molar-refractivity contribution in [3.63, 3.8) is 0 Å². The third-order valence-corrected chi connectivity index (χ3v) is 2.33. The van der Waals surface area contributed by atoms with Gasteiger partial charge in [0.2, 0.25) is 6.08 Å². The van der Waals surface area contributed by atoms with E-state index < -0.39 is 0 Å². The maximum atomic E-state index is 10.3. The number of rotatable bonds is 2. The second-order valence-corrected chi connectivity index (χ2v) is 3.82. The quantitative estimate of drug-likeness (QED) is 0.498. The fourth-order valence-electron chi connectivity index (χ4n) is 1.70. The van der Waals surface area contributed by atoms with Crippen molar-refractivity contribution in [3.05, 3.63) is 47.1 Å². The molecular formula is C13H15NO. The highest BCUT2D eigenvalue weighted by Crippen LogP contribution is 2.29. The molecule has 0 radical (unpaired) electrons. The summed E-state index contributed by atoms with van der Waals surface area (Å²) >= 11 is 0. The van der Waals surface area contributed by atoms with E-state index in [1.54, 1.807) is 6.08 Å². The third kappa shape index (κ3) is 2.42. The van der Waals surface area contributed by atoms with Gasteiger partial charge in [-0.2, -0.15) is 4.99 Å². The first-order chi connectivity index (χ1) is 7.07. The highest BCUT2D eigenvalue weighted by Gasteiger charge is 2.18. The van der Waals surface area contributed by atoms with Crippen LogP contribution >= 0.6 is 0 Å². The lowest BCUT2D eigenvalue weighted by molar-refractivity contribution is 0.562. The van der Waals surface area contributed by atoms with Gasteiger partial charge in [-0.1, -0.05) is 36.0 Å². The molecule has 0 saturated heterocycles. The molecule has 2 nitrogen and oxygen atoms in total. The van der Waals surface area contributed by atoms with Crippen LogP contribution in [0.5, 0.6) is 0 Å². The average Bonchev–Trinajstić information content (AvgIpc) is 2.17. The maximum Gasteiger partial charge on any atom is 0.235 e. The highest BCUT2D eigenvalue weighted by molar-refractivity contribution is 5.56. The van der Waals surface area contributed by atoms with Gasteiger partial charge in [-0.05, 0) is 31.9 Å². The molecule has 0 amide bonds.